The van der Waals surface area contributed by atoms with Gasteiger partial charge in [0.25, 0.3) is 5.92 Å². The fourth-order valence-corrected chi connectivity index (χ4v) is 5.25. The van der Waals surface area contributed by atoms with Crippen LogP contribution in [-0.2, 0) is 11.2 Å². The Morgan fingerprint density at radius 3 is 2.44 bits per heavy atom. The van der Waals surface area contributed by atoms with Crippen LogP contribution < -0.4 is 4.90 Å². The van der Waals surface area contributed by atoms with Gasteiger partial charge in [-0.05, 0) is 37.1 Å². The van der Waals surface area contributed by atoms with Crippen molar-refractivity contribution in [2.45, 2.75) is 38.3 Å². The number of rotatable bonds is 5. The molecule has 0 aliphatic carbocycles. The molecule has 1 fully saturated rings. The summed E-state index contributed by atoms with van der Waals surface area (Å²) in [5.41, 5.74) is 2.13. The Bertz CT molecular complexity index is 1240. The van der Waals surface area contributed by atoms with E-state index in [2.05, 4.69) is 4.98 Å². The van der Waals surface area contributed by atoms with E-state index in [0.29, 0.717) is 12.1 Å². The van der Waals surface area contributed by atoms with Gasteiger partial charge in [0.2, 0.25) is 0 Å². The molecule has 1 saturated heterocycles. The highest BCUT2D eigenvalue weighted by Crippen LogP contribution is 2.44. The Labute approximate surface area is 194 Å². The molecule has 0 bridgehead atoms. The van der Waals surface area contributed by atoms with Crippen molar-refractivity contribution in [1.82, 2.24) is 9.88 Å². The molecule has 2 aliphatic heterocycles. The number of aromatic nitrogens is 1. The van der Waals surface area contributed by atoms with E-state index in [-0.39, 0.29) is 30.4 Å². The van der Waals surface area contributed by atoms with Crippen LogP contribution in [0.15, 0.2) is 36.4 Å². The van der Waals surface area contributed by atoms with E-state index < -0.39 is 42.0 Å². The summed E-state index contributed by atoms with van der Waals surface area (Å²) in [4.78, 5) is 17.4. The molecule has 5 nitrogen and oxygen atoms in total. The van der Waals surface area contributed by atoms with Crippen molar-refractivity contribution in [2.75, 3.05) is 24.5 Å². The summed E-state index contributed by atoms with van der Waals surface area (Å²) in [7, 11) is 0. The molecule has 0 saturated carbocycles. The summed E-state index contributed by atoms with van der Waals surface area (Å²) >= 11 is 0. The van der Waals surface area contributed by atoms with Gasteiger partial charge in [0.1, 0.15) is 11.6 Å². The lowest BCUT2D eigenvalue weighted by Crippen LogP contribution is -2.50. The minimum atomic E-state index is -3.06. The van der Waals surface area contributed by atoms with Crippen molar-refractivity contribution >= 4 is 22.6 Å². The number of carboxylic acid groups (broad SMARTS) is 1. The molecule has 3 aromatic rings. The quantitative estimate of drug-likeness (QED) is 0.513. The van der Waals surface area contributed by atoms with Gasteiger partial charge in [-0.25, -0.2) is 17.6 Å². The Morgan fingerprint density at radius 1 is 1.18 bits per heavy atom. The second-order valence-electron chi connectivity index (χ2n) is 9.52. The summed E-state index contributed by atoms with van der Waals surface area (Å²) in [5.74, 6) is -6.29. The fourth-order valence-electron chi connectivity index (χ4n) is 5.25. The number of nitrogens with one attached hydrogen (secondary N) is 1. The van der Waals surface area contributed by atoms with Crippen LogP contribution in [0.1, 0.15) is 36.7 Å². The van der Waals surface area contributed by atoms with E-state index in [4.69, 9.17) is 5.11 Å². The van der Waals surface area contributed by atoms with Crippen molar-refractivity contribution in [3.05, 3.63) is 64.9 Å². The van der Waals surface area contributed by atoms with Gasteiger partial charge in [-0.15, -0.1) is 0 Å². The van der Waals surface area contributed by atoms with Gasteiger partial charge in [0.15, 0.2) is 0 Å². The summed E-state index contributed by atoms with van der Waals surface area (Å²) in [6.45, 7) is 2.26. The highest BCUT2D eigenvalue weighted by atomic mass is 19.3. The number of carboxylic acids is 1. The zero-order valence-electron chi connectivity index (χ0n) is 18.8. The number of anilines is 1. The maximum Gasteiger partial charge on any atom is 0.310 e. The standard InChI is InChI=1S/C25H25F4N3O2/c1-13-7-17-16-5-3-4-6-20(16)30-22(17)23(32(13)12-25(2,28)29)21-18(26)8-15(9-19(21)27)31-10-14(11-31)24(33)34/h3-6,8-9,13-14,23,30H,7,10-12H2,1-2H3,(H,33,34)/t13-,23-/m1/s1. The molecule has 5 rings (SSSR count). The summed E-state index contributed by atoms with van der Waals surface area (Å²) < 4.78 is 59.5. The highest BCUT2D eigenvalue weighted by molar-refractivity contribution is 5.85. The third-order valence-electron chi connectivity index (χ3n) is 6.91. The number of carbonyl (C=O) groups is 1. The first-order valence-corrected chi connectivity index (χ1v) is 11.2. The number of hydrogen-bond acceptors (Lipinski definition) is 3. The molecular formula is C25H25F4N3O2. The van der Waals surface area contributed by atoms with Crippen LogP contribution in [0.2, 0.25) is 0 Å². The first kappa shape index (κ1) is 22.7. The molecule has 2 aliphatic rings. The predicted octanol–water partition coefficient (Wildman–Crippen LogP) is 4.96. The number of para-hydroxylation sites is 1. The summed E-state index contributed by atoms with van der Waals surface area (Å²) in [6.07, 6.45) is 0.470. The lowest BCUT2D eigenvalue weighted by atomic mass is 9.87. The average Bonchev–Trinajstić information content (AvgIpc) is 3.05. The second-order valence-corrected chi connectivity index (χ2v) is 9.52. The smallest absolute Gasteiger partial charge is 0.310 e. The zero-order chi connectivity index (χ0) is 24.4. The van der Waals surface area contributed by atoms with Crippen LogP contribution in [0, 0.1) is 17.6 Å². The van der Waals surface area contributed by atoms with Crippen LogP contribution in [-0.4, -0.2) is 52.6 Å². The number of alkyl halides is 2. The van der Waals surface area contributed by atoms with Crippen LogP contribution in [0.25, 0.3) is 10.9 Å². The first-order valence-electron chi connectivity index (χ1n) is 11.2. The van der Waals surface area contributed by atoms with E-state index in [1.54, 1.807) is 11.8 Å². The van der Waals surface area contributed by atoms with Crippen LogP contribution >= 0.6 is 0 Å². The van der Waals surface area contributed by atoms with Crippen molar-refractivity contribution in [3.63, 3.8) is 0 Å². The largest absolute Gasteiger partial charge is 0.481 e. The number of aliphatic carboxylic acids is 1. The fraction of sp³-hybridized carbons (Fsp3) is 0.400. The minimum absolute atomic E-state index is 0.161. The molecule has 1 aromatic heterocycles. The average molecular weight is 475 g/mol. The molecular weight excluding hydrogens is 450 g/mol. The molecule has 0 amide bonds. The summed E-state index contributed by atoms with van der Waals surface area (Å²) in [5, 5.41) is 9.99. The zero-order valence-corrected chi connectivity index (χ0v) is 18.8. The molecule has 9 heteroatoms. The van der Waals surface area contributed by atoms with Gasteiger partial charge < -0.3 is 15.0 Å². The lowest BCUT2D eigenvalue weighted by molar-refractivity contribution is -0.142. The second kappa shape index (κ2) is 8.01. The van der Waals surface area contributed by atoms with Gasteiger partial charge in [-0.3, -0.25) is 9.69 Å². The predicted molar refractivity (Wildman–Crippen MR) is 120 cm³/mol. The molecule has 2 aromatic carbocycles. The van der Waals surface area contributed by atoms with Crippen molar-refractivity contribution in [2.24, 2.45) is 5.92 Å². The molecule has 34 heavy (non-hydrogen) atoms. The van der Waals surface area contributed by atoms with Gasteiger partial charge in [0, 0.05) is 53.9 Å². The number of hydrogen-bond donors (Lipinski definition) is 2. The molecule has 3 heterocycles. The monoisotopic (exact) mass is 475 g/mol. The van der Waals surface area contributed by atoms with Crippen LogP contribution in [0.3, 0.4) is 0 Å². The number of nitrogens with zero attached hydrogens (tertiary/aromatic N) is 2. The molecule has 2 atom stereocenters. The van der Waals surface area contributed by atoms with Crippen LogP contribution in [0.4, 0.5) is 23.2 Å². The Kier molecular flexibility index (Phi) is 5.35. The Morgan fingerprint density at radius 2 is 1.82 bits per heavy atom. The number of H-pyrrole nitrogens is 1. The molecule has 180 valence electrons. The molecule has 0 radical (unpaired) electrons. The van der Waals surface area contributed by atoms with E-state index in [1.165, 1.54) is 17.0 Å². The molecule has 2 N–H and O–H groups in total. The number of fused-ring (bicyclic) bond motifs is 3. The third-order valence-corrected chi connectivity index (χ3v) is 6.91. The van der Waals surface area contributed by atoms with Crippen molar-refractivity contribution < 1.29 is 27.5 Å². The third kappa shape index (κ3) is 3.81. The Hall–Kier alpha value is -3.07. The maximum atomic E-state index is 15.5. The van der Waals surface area contributed by atoms with Crippen LogP contribution in [0.5, 0.6) is 0 Å². The highest BCUT2D eigenvalue weighted by Gasteiger charge is 2.42. The molecule has 0 unspecified atom stereocenters. The summed E-state index contributed by atoms with van der Waals surface area (Å²) in [6, 6.07) is 8.37. The lowest BCUT2D eigenvalue weighted by Gasteiger charge is -2.42. The normalized spacial score (nSPS) is 21.5. The number of aromatic amines is 1. The Balaban J connectivity index is 1.61. The van der Waals surface area contributed by atoms with E-state index >= 15 is 8.78 Å². The van der Waals surface area contributed by atoms with Gasteiger partial charge in [0.05, 0.1) is 18.5 Å². The first-order chi connectivity index (χ1) is 16.0. The van der Waals surface area contributed by atoms with E-state index in [0.717, 1.165) is 23.4 Å². The van der Waals surface area contributed by atoms with E-state index in [9.17, 15) is 13.6 Å². The van der Waals surface area contributed by atoms with Gasteiger partial charge in [-0.2, -0.15) is 0 Å². The van der Waals surface area contributed by atoms with Crippen molar-refractivity contribution in [1.29, 1.82) is 0 Å². The number of halogens is 4. The SMILES string of the molecule is C[C@@H]1Cc2c([nH]c3ccccc23)[C@@H](c2c(F)cc(N3CC(C(=O)O)C3)cc2F)N1CC(C)(F)F. The minimum Gasteiger partial charge on any atom is -0.481 e. The molecule has 0 spiro atoms. The van der Waals surface area contributed by atoms with Gasteiger partial charge in [-0.1, -0.05) is 18.2 Å². The van der Waals surface area contributed by atoms with Gasteiger partial charge >= 0.3 is 5.97 Å². The maximum absolute atomic E-state index is 15.5. The van der Waals surface area contributed by atoms with Crippen molar-refractivity contribution in [3.8, 4) is 0 Å². The topological polar surface area (TPSA) is 59.6 Å². The number of benzene rings is 2. The van der Waals surface area contributed by atoms with E-state index in [1.807, 2.05) is 24.3 Å².